The maximum atomic E-state index is 12.2. The lowest BCUT2D eigenvalue weighted by molar-refractivity contribution is 0.0954. The summed E-state index contributed by atoms with van der Waals surface area (Å²) in [6.07, 6.45) is 1.14. The van der Waals surface area contributed by atoms with Gasteiger partial charge in [-0.15, -0.1) is 0 Å². The number of methoxy groups -OCH3 is 1. The SMILES string of the molecule is COc1ccc(S(=O)(=O)NCCNC(=O)c2ccc(CS(C)(=O)=O)cc2)cc1. The first kappa shape index (κ1) is 21.9. The third-order valence-electron chi connectivity index (χ3n) is 3.72. The van der Waals surface area contributed by atoms with Crippen molar-refractivity contribution in [3.05, 3.63) is 59.7 Å². The van der Waals surface area contributed by atoms with Gasteiger partial charge in [0.1, 0.15) is 5.75 Å². The summed E-state index contributed by atoms with van der Waals surface area (Å²) in [5.74, 6) is 0.0745. The molecule has 0 spiro atoms. The van der Waals surface area contributed by atoms with Crippen LogP contribution in [0.4, 0.5) is 0 Å². The molecule has 0 unspecified atom stereocenters. The standard InChI is InChI=1S/C18H22N2O6S2/c1-26-16-7-9-17(10-8-16)28(24,25)20-12-11-19-18(21)15-5-3-14(4-6-15)13-27(2,22)23/h3-10,20H,11-13H2,1-2H3,(H,19,21). The molecule has 10 heteroatoms. The Kier molecular flexibility index (Phi) is 7.17. The molecule has 0 saturated heterocycles. The Morgan fingerprint density at radius 1 is 0.929 bits per heavy atom. The predicted octanol–water partition coefficient (Wildman–Crippen LogP) is 0.948. The molecule has 152 valence electrons. The highest BCUT2D eigenvalue weighted by atomic mass is 32.2. The smallest absolute Gasteiger partial charge is 0.251 e. The molecule has 2 aromatic carbocycles. The molecule has 2 rings (SSSR count). The molecular weight excluding hydrogens is 404 g/mol. The van der Waals surface area contributed by atoms with Crippen LogP contribution in [0.3, 0.4) is 0 Å². The Hall–Kier alpha value is -2.43. The van der Waals surface area contributed by atoms with Crippen molar-refractivity contribution in [1.82, 2.24) is 10.0 Å². The maximum absolute atomic E-state index is 12.2. The molecule has 28 heavy (non-hydrogen) atoms. The van der Waals surface area contributed by atoms with Crippen LogP contribution in [-0.2, 0) is 25.6 Å². The van der Waals surface area contributed by atoms with E-state index < -0.39 is 19.9 Å². The average Bonchev–Trinajstić information content (AvgIpc) is 2.64. The van der Waals surface area contributed by atoms with Crippen LogP contribution in [-0.4, -0.2) is 49.2 Å². The Morgan fingerprint density at radius 3 is 2.07 bits per heavy atom. The van der Waals surface area contributed by atoms with Gasteiger partial charge in [0, 0.05) is 24.9 Å². The highest BCUT2D eigenvalue weighted by molar-refractivity contribution is 7.90. The number of hydrogen-bond acceptors (Lipinski definition) is 6. The summed E-state index contributed by atoms with van der Waals surface area (Å²) in [6.45, 7) is 0.117. The van der Waals surface area contributed by atoms with Crippen LogP contribution in [0.2, 0.25) is 0 Å². The van der Waals surface area contributed by atoms with Gasteiger partial charge in [-0.25, -0.2) is 21.6 Å². The second-order valence-corrected chi connectivity index (χ2v) is 10.0. The predicted molar refractivity (Wildman–Crippen MR) is 106 cm³/mol. The van der Waals surface area contributed by atoms with Gasteiger partial charge in [0.15, 0.2) is 9.84 Å². The second kappa shape index (κ2) is 9.18. The molecule has 0 aliphatic carbocycles. The number of benzene rings is 2. The zero-order valence-electron chi connectivity index (χ0n) is 15.5. The van der Waals surface area contributed by atoms with Crippen LogP contribution >= 0.6 is 0 Å². The van der Waals surface area contributed by atoms with Gasteiger partial charge < -0.3 is 10.1 Å². The Bertz CT molecular complexity index is 1010. The second-order valence-electron chi connectivity index (χ2n) is 6.10. The van der Waals surface area contributed by atoms with Gasteiger partial charge in [0.25, 0.3) is 5.91 Å². The number of sulfone groups is 1. The fraction of sp³-hybridized carbons (Fsp3) is 0.278. The topological polar surface area (TPSA) is 119 Å². The molecule has 0 bridgehead atoms. The molecular formula is C18H22N2O6S2. The first-order valence-corrected chi connectivity index (χ1v) is 11.8. The van der Waals surface area contributed by atoms with E-state index in [-0.39, 0.29) is 29.6 Å². The first-order chi connectivity index (χ1) is 13.1. The van der Waals surface area contributed by atoms with E-state index in [0.29, 0.717) is 16.9 Å². The zero-order chi connectivity index (χ0) is 20.8. The van der Waals surface area contributed by atoms with Crippen LogP contribution in [0.25, 0.3) is 0 Å². The van der Waals surface area contributed by atoms with Crippen molar-refractivity contribution >= 4 is 25.8 Å². The van der Waals surface area contributed by atoms with Gasteiger partial charge >= 0.3 is 0 Å². The largest absolute Gasteiger partial charge is 0.497 e. The van der Waals surface area contributed by atoms with E-state index in [2.05, 4.69) is 10.0 Å². The summed E-state index contributed by atoms with van der Waals surface area (Å²) in [6, 6.07) is 12.1. The molecule has 0 fully saturated rings. The molecule has 0 atom stereocenters. The van der Waals surface area contributed by atoms with Crippen molar-refractivity contribution in [1.29, 1.82) is 0 Å². The maximum Gasteiger partial charge on any atom is 0.251 e. The van der Waals surface area contributed by atoms with E-state index in [9.17, 15) is 21.6 Å². The van der Waals surface area contributed by atoms with Gasteiger partial charge in [-0.1, -0.05) is 12.1 Å². The van der Waals surface area contributed by atoms with Gasteiger partial charge in [-0.05, 0) is 42.0 Å². The summed E-state index contributed by atoms with van der Waals surface area (Å²) in [5.41, 5.74) is 0.946. The Labute approximate surface area is 164 Å². The van der Waals surface area contributed by atoms with Gasteiger partial charge in [0.05, 0.1) is 17.8 Å². The van der Waals surface area contributed by atoms with Crippen molar-refractivity contribution in [3.8, 4) is 5.75 Å². The molecule has 2 N–H and O–H groups in total. The van der Waals surface area contributed by atoms with Crippen LogP contribution in [0, 0.1) is 0 Å². The molecule has 0 heterocycles. The van der Waals surface area contributed by atoms with E-state index >= 15 is 0 Å². The summed E-state index contributed by atoms with van der Waals surface area (Å²) < 4.78 is 54.3. The number of amides is 1. The third kappa shape index (κ3) is 6.63. The van der Waals surface area contributed by atoms with E-state index in [4.69, 9.17) is 4.74 Å². The third-order valence-corrected chi connectivity index (χ3v) is 6.05. The van der Waals surface area contributed by atoms with Crippen LogP contribution in [0.5, 0.6) is 5.75 Å². The van der Waals surface area contributed by atoms with Crippen molar-refractivity contribution in [2.45, 2.75) is 10.6 Å². The minimum absolute atomic E-state index is 0.0201. The molecule has 1 amide bonds. The normalized spacial score (nSPS) is 11.8. The fourth-order valence-electron chi connectivity index (χ4n) is 2.36. The lowest BCUT2D eigenvalue weighted by Gasteiger charge is -2.09. The first-order valence-electron chi connectivity index (χ1n) is 8.29. The lowest BCUT2D eigenvalue weighted by Crippen LogP contribution is -2.34. The zero-order valence-corrected chi connectivity index (χ0v) is 17.1. The van der Waals surface area contributed by atoms with E-state index in [1.165, 1.54) is 31.4 Å². The van der Waals surface area contributed by atoms with Crippen molar-refractivity contribution in [2.24, 2.45) is 0 Å². The highest BCUT2D eigenvalue weighted by Gasteiger charge is 2.14. The van der Waals surface area contributed by atoms with Gasteiger partial charge in [-0.2, -0.15) is 0 Å². The quantitative estimate of drug-likeness (QED) is 0.576. The van der Waals surface area contributed by atoms with Gasteiger partial charge in [-0.3, -0.25) is 4.79 Å². The number of nitrogens with one attached hydrogen (secondary N) is 2. The van der Waals surface area contributed by atoms with Crippen molar-refractivity contribution in [2.75, 3.05) is 26.5 Å². The highest BCUT2D eigenvalue weighted by Crippen LogP contribution is 2.15. The minimum atomic E-state index is -3.68. The number of ether oxygens (including phenoxy) is 1. The number of hydrogen-bond donors (Lipinski definition) is 2. The number of carbonyl (C=O) groups excluding carboxylic acids is 1. The summed E-state index contributed by atoms with van der Waals surface area (Å²) in [5, 5.41) is 2.60. The number of carbonyl (C=O) groups is 1. The summed E-state index contributed by atoms with van der Waals surface area (Å²) in [7, 11) is -5.34. The summed E-state index contributed by atoms with van der Waals surface area (Å²) in [4.78, 5) is 12.2. The molecule has 0 saturated carbocycles. The van der Waals surface area contributed by atoms with E-state index in [1.807, 2.05) is 0 Å². The van der Waals surface area contributed by atoms with Crippen LogP contribution in [0.15, 0.2) is 53.4 Å². The summed E-state index contributed by atoms with van der Waals surface area (Å²) >= 11 is 0. The minimum Gasteiger partial charge on any atom is -0.497 e. The molecule has 0 radical (unpaired) electrons. The molecule has 8 nitrogen and oxygen atoms in total. The fourth-order valence-corrected chi connectivity index (χ4v) is 4.19. The molecule has 0 aliphatic rings. The number of sulfonamides is 1. The molecule has 0 aliphatic heterocycles. The Balaban J connectivity index is 1.84. The molecule has 2 aromatic rings. The monoisotopic (exact) mass is 426 g/mol. The van der Waals surface area contributed by atoms with E-state index in [0.717, 1.165) is 6.26 Å². The van der Waals surface area contributed by atoms with E-state index in [1.54, 1.807) is 24.3 Å². The van der Waals surface area contributed by atoms with Crippen LogP contribution in [0.1, 0.15) is 15.9 Å². The Morgan fingerprint density at radius 2 is 1.54 bits per heavy atom. The van der Waals surface area contributed by atoms with Crippen molar-refractivity contribution in [3.63, 3.8) is 0 Å². The lowest BCUT2D eigenvalue weighted by atomic mass is 10.1. The average molecular weight is 427 g/mol. The van der Waals surface area contributed by atoms with Crippen LogP contribution < -0.4 is 14.8 Å². The van der Waals surface area contributed by atoms with Crippen molar-refractivity contribution < 1.29 is 26.4 Å². The molecule has 0 aromatic heterocycles. The van der Waals surface area contributed by atoms with Gasteiger partial charge in [0.2, 0.25) is 10.0 Å². The number of rotatable bonds is 9.